The summed E-state index contributed by atoms with van der Waals surface area (Å²) in [5.41, 5.74) is 9.59. The number of aromatic nitrogens is 4. The molecule has 2 aromatic heterocycles. The van der Waals surface area contributed by atoms with Crippen LogP contribution in [-0.2, 0) is 10.8 Å². The Hall–Kier alpha value is -6.13. The first kappa shape index (κ1) is 31.6. The third-order valence-corrected chi connectivity index (χ3v) is 11.7. The predicted octanol–water partition coefficient (Wildman–Crippen LogP) is 12.6. The maximum absolute atomic E-state index is 5.24. The highest BCUT2D eigenvalue weighted by Crippen LogP contribution is 2.48. The van der Waals surface area contributed by atoms with Gasteiger partial charge in [0.25, 0.3) is 0 Å². The first-order valence-corrected chi connectivity index (χ1v) is 18.7. The van der Waals surface area contributed by atoms with Crippen molar-refractivity contribution in [3.8, 4) is 39.9 Å². The molecular weight excluding hydrogens is 645 g/mol. The summed E-state index contributed by atoms with van der Waals surface area (Å²) in [6, 6.07) is 52.1. The largest absolute Gasteiger partial charge is 0.309 e. The minimum atomic E-state index is 0.100. The highest BCUT2D eigenvalue weighted by atomic mass is 15.0. The van der Waals surface area contributed by atoms with Crippen LogP contribution in [0.4, 0.5) is 0 Å². The number of fused-ring (bicyclic) bond motifs is 6. The van der Waals surface area contributed by atoms with Crippen molar-refractivity contribution in [2.24, 2.45) is 0 Å². The third-order valence-electron chi connectivity index (χ3n) is 11.7. The van der Waals surface area contributed by atoms with Crippen LogP contribution in [0.1, 0.15) is 51.7 Å². The summed E-state index contributed by atoms with van der Waals surface area (Å²) in [6.07, 6.45) is 2.36. The number of hydrogen-bond acceptors (Lipinski definition) is 3. The van der Waals surface area contributed by atoms with Crippen molar-refractivity contribution in [2.75, 3.05) is 0 Å². The first-order valence-electron chi connectivity index (χ1n) is 18.7. The smallest absolute Gasteiger partial charge is 0.164 e. The molecule has 1 aliphatic carbocycles. The van der Waals surface area contributed by atoms with E-state index in [4.69, 9.17) is 15.0 Å². The summed E-state index contributed by atoms with van der Waals surface area (Å²) in [6.45, 7) is 9.62. The zero-order chi connectivity index (χ0) is 35.9. The summed E-state index contributed by atoms with van der Waals surface area (Å²) in [5.74, 6) is 1.97. The van der Waals surface area contributed by atoms with E-state index in [1.807, 2.05) is 0 Å². The maximum atomic E-state index is 5.24. The van der Waals surface area contributed by atoms with Crippen LogP contribution in [0.3, 0.4) is 0 Å². The lowest BCUT2D eigenvalue weighted by molar-refractivity contribution is 0.332. The molecule has 0 unspecified atom stereocenters. The Morgan fingerprint density at radius 3 is 1.58 bits per heavy atom. The third kappa shape index (κ3) is 5.08. The van der Waals surface area contributed by atoms with Crippen molar-refractivity contribution < 1.29 is 0 Å². The Labute approximate surface area is 309 Å². The van der Waals surface area contributed by atoms with Crippen LogP contribution in [0.5, 0.6) is 0 Å². The molecule has 0 spiro atoms. The van der Waals surface area contributed by atoms with Gasteiger partial charge in [-0.25, -0.2) is 15.0 Å². The molecular formula is C49H40N4. The second-order valence-electron chi connectivity index (χ2n) is 15.9. The number of benzene rings is 7. The number of hydrogen-bond donors (Lipinski definition) is 0. The average Bonchev–Trinajstić information content (AvgIpc) is 3.52. The molecule has 0 fully saturated rings. The Morgan fingerprint density at radius 1 is 0.434 bits per heavy atom. The van der Waals surface area contributed by atoms with Gasteiger partial charge in [-0.05, 0) is 86.7 Å². The summed E-state index contributed by atoms with van der Waals surface area (Å²) in [7, 11) is 0. The second kappa shape index (κ2) is 11.7. The van der Waals surface area contributed by atoms with E-state index in [1.165, 1.54) is 45.8 Å². The van der Waals surface area contributed by atoms with Crippen molar-refractivity contribution in [1.29, 1.82) is 0 Å². The van der Waals surface area contributed by atoms with E-state index in [2.05, 4.69) is 178 Å². The summed E-state index contributed by atoms with van der Waals surface area (Å²) in [4.78, 5) is 15.7. The molecule has 10 rings (SSSR count). The molecule has 53 heavy (non-hydrogen) atoms. The molecule has 0 N–H and O–H groups in total. The van der Waals surface area contributed by atoms with Gasteiger partial charge in [0, 0.05) is 33.2 Å². The molecule has 7 aromatic carbocycles. The number of nitrogens with zero attached hydrogens (tertiary/aromatic N) is 4. The topological polar surface area (TPSA) is 43.6 Å². The van der Waals surface area contributed by atoms with Gasteiger partial charge in [-0.2, -0.15) is 0 Å². The molecule has 9 aromatic rings. The van der Waals surface area contributed by atoms with Gasteiger partial charge in [0.15, 0.2) is 17.5 Å². The lowest BCUT2D eigenvalue weighted by Gasteiger charge is -2.42. The molecule has 0 saturated carbocycles. The molecule has 1 aliphatic rings. The predicted molar refractivity (Wildman–Crippen MR) is 221 cm³/mol. The highest BCUT2D eigenvalue weighted by Gasteiger charge is 2.38. The quantitative estimate of drug-likeness (QED) is 0.185. The van der Waals surface area contributed by atoms with E-state index >= 15 is 0 Å². The number of rotatable bonds is 4. The molecule has 4 nitrogen and oxygen atoms in total. The van der Waals surface area contributed by atoms with Gasteiger partial charge in [0.05, 0.1) is 11.0 Å². The van der Waals surface area contributed by atoms with E-state index in [-0.39, 0.29) is 10.8 Å². The van der Waals surface area contributed by atoms with E-state index in [1.54, 1.807) is 0 Å². The molecule has 0 bridgehead atoms. The van der Waals surface area contributed by atoms with Crippen LogP contribution in [0.15, 0.2) is 146 Å². The molecule has 2 heterocycles. The van der Waals surface area contributed by atoms with Gasteiger partial charge in [-0.3, -0.25) is 0 Å². The Morgan fingerprint density at radius 2 is 0.943 bits per heavy atom. The molecule has 0 atom stereocenters. The molecule has 0 saturated heterocycles. The zero-order valence-electron chi connectivity index (χ0n) is 30.6. The van der Waals surface area contributed by atoms with Crippen LogP contribution < -0.4 is 0 Å². The van der Waals surface area contributed by atoms with E-state index < -0.39 is 0 Å². The summed E-state index contributed by atoms with van der Waals surface area (Å²) < 4.78 is 2.44. The fourth-order valence-electron chi connectivity index (χ4n) is 8.68. The standard InChI is InChI=1S/C49H40N4/c1-48(2)26-27-49(3,4)42-30-44-40(29-41(42)48)37-22-9-10-25-43(37)53(44)34-19-11-18-33(28-34)45-50-46(38-23-12-16-31-14-5-7-20-35(31)38)52-47(51-45)39-24-13-17-32-15-6-8-21-36(32)39/h5-25,28-30H,26-27H2,1-4H3. The van der Waals surface area contributed by atoms with Gasteiger partial charge in [0.1, 0.15) is 0 Å². The van der Waals surface area contributed by atoms with Crippen molar-refractivity contribution in [2.45, 2.75) is 51.4 Å². The average molecular weight is 685 g/mol. The fourth-order valence-corrected chi connectivity index (χ4v) is 8.68. The minimum Gasteiger partial charge on any atom is -0.309 e. The van der Waals surface area contributed by atoms with Crippen molar-refractivity contribution in [3.05, 3.63) is 157 Å². The Bertz CT molecular complexity index is 2800. The Balaban J connectivity index is 1.21. The zero-order valence-corrected chi connectivity index (χ0v) is 30.6. The van der Waals surface area contributed by atoms with Crippen LogP contribution >= 0.6 is 0 Å². The molecule has 256 valence electrons. The van der Waals surface area contributed by atoms with Crippen molar-refractivity contribution >= 4 is 43.4 Å². The molecule has 4 heteroatoms. The van der Waals surface area contributed by atoms with Crippen LogP contribution in [-0.4, -0.2) is 19.5 Å². The van der Waals surface area contributed by atoms with E-state index in [0.717, 1.165) is 43.9 Å². The SMILES string of the molecule is CC1(C)CCC(C)(C)c2cc3c(cc21)c1ccccc1n3-c1cccc(-c2nc(-c3cccc4ccccc34)nc(-c3cccc4ccccc34)n2)c1. The first-order chi connectivity index (χ1) is 25.7. The number of para-hydroxylation sites is 1. The van der Waals surface area contributed by atoms with Gasteiger partial charge in [-0.1, -0.05) is 143 Å². The van der Waals surface area contributed by atoms with Crippen LogP contribution in [0, 0.1) is 0 Å². The second-order valence-corrected chi connectivity index (χ2v) is 15.9. The van der Waals surface area contributed by atoms with Crippen LogP contribution in [0.2, 0.25) is 0 Å². The lowest BCUT2D eigenvalue weighted by Crippen LogP contribution is -2.33. The monoisotopic (exact) mass is 684 g/mol. The Kier molecular flexibility index (Phi) is 6.97. The van der Waals surface area contributed by atoms with Gasteiger partial charge in [-0.15, -0.1) is 0 Å². The minimum absolute atomic E-state index is 0.100. The lowest BCUT2D eigenvalue weighted by atomic mass is 9.63. The van der Waals surface area contributed by atoms with E-state index in [9.17, 15) is 0 Å². The fraction of sp³-hybridized carbons (Fsp3) is 0.163. The van der Waals surface area contributed by atoms with Gasteiger partial charge < -0.3 is 4.57 Å². The summed E-state index contributed by atoms with van der Waals surface area (Å²) in [5, 5.41) is 7.11. The normalized spacial score (nSPS) is 14.9. The highest BCUT2D eigenvalue weighted by molar-refractivity contribution is 6.10. The summed E-state index contributed by atoms with van der Waals surface area (Å²) >= 11 is 0. The molecule has 0 amide bonds. The van der Waals surface area contributed by atoms with Gasteiger partial charge >= 0.3 is 0 Å². The van der Waals surface area contributed by atoms with E-state index in [0.29, 0.717) is 17.5 Å². The van der Waals surface area contributed by atoms with Crippen molar-refractivity contribution in [1.82, 2.24) is 19.5 Å². The van der Waals surface area contributed by atoms with Crippen molar-refractivity contribution in [3.63, 3.8) is 0 Å². The molecule has 0 radical (unpaired) electrons. The van der Waals surface area contributed by atoms with Gasteiger partial charge in [0.2, 0.25) is 0 Å². The molecule has 0 aliphatic heterocycles. The maximum Gasteiger partial charge on any atom is 0.164 e. The van der Waals surface area contributed by atoms with Crippen LogP contribution in [0.25, 0.3) is 83.2 Å².